The van der Waals surface area contributed by atoms with Crippen LogP contribution in [0.3, 0.4) is 0 Å². The van der Waals surface area contributed by atoms with Crippen LogP contribution in [0.15, 0.2) is 95.4 Å². The van der Waals surface area contributed by atoms with Gasteiger partial charge in [0.25, 0.3) is 0 Å². The number of benzene rings is 3. The Morgan fingerprint density at radius 3 is 2.21 bits per heavy atom. The van der Waals surface area contributed by atoms with E-state index in [2.05, 4.69) is 41.3 Å². The molecule has 5 rings (SSSR count). The van der Waals surface area contributed by atoms with Crippen LogP contribution in [-0.2, 0) is 0 Å². The van der Waals surface area contributed by atoms with Crippen LogP contribution < -0.4 is 4.90 Å². The highest BCUT2D eigenvalue weighted by atomic mass is 16.3. The molecule has 0 fully saturated rings. The first kappa shape index (κ1) is 20.7. The normalized spacial score (nSPS) is 11.0. The third-order valence-corrected chi connectivity index (χ3v) is 5.83. The minimum Gasteiger partial charge on any atom is -0.454 e. The zero-order chi connectivity index (χ0) is 22.9. The molecule has 0 amide bonds. The third-order valence-electron chi connectivity index (χ3n) is 5.83. The second-order valence-electron chi connectivity index (χ2n) is 8.32. The molecule has 0 bridgehead atoms. The fourth-order valence-electron chi connectivity index (χ4n) is 3.94. The molecule has 0 aliphatic carbocycles. The molecule has 0 saturated carbocycles. The van der Waals surface area contributed by atoms with Gasteiger partial charge in [0.05, 0.1) is 5.52 Å². The van der Waals surface area contributed by atoms with Crippen LogP contribution >= 0.6 is 0 Å². The summed E-state index contributed by atoms with van der Waals surface area (Å²) in [5.41, 5.74) is 6.42. The van der Waals surface area contributed by atoms with E-state index in [0.717, 1.165) is 44.7 Å². The summed E-state index contributed by atoms with van der Waals surface area (Å²) >= 11 is 0. The van der Waals surface area contributed by atoms with Crippen LogP contribution in [0.1, 0.15) is 17.3 Å². The molecule has 0 N–H and O–H groups in total. The Hall–Kier alpha value is -4.18. The van der Waals surface area contributed by atoms with Gasteiger partial charge >= 0.3 is 0 Å². The number of hydrogen-bond donors (Lipinski definition) is 0. The number of aromatic nitrogens is 1. The fraction of sp³-hybridized carbons (Fsp3) is 0.103. The number of furan rings is 1. The third kappa shape index (κ3) is 4.03. The molecule has 0 unspecified atom stereocenters. The molecule has 33 heavy (non-hydrogen) atoms. The van der Waals surface area contributed by atoms with Gasteiger partial charge in [0.1, 0.15) is 11.5 Å². The van der Waals surface area contributed by atoms with Gasteiger partial charge < -0.3 is 9.32 Å². The van der Waals surface area contributed by atoms with Crippen molar-refractivity contribution in [2.45, 2.75) is 6.92 Å². The smallest absolute Gasteiger partial charge is 0.161 e. The Bertz CT molecular complexity index is 1450. The van der Waals surface area contributed by atoms with Crippen LogP contribution in [0.4, 0.5) is 5.69 Å². The Kier molecular flexibility index (Phi) is 5.27. The highest BCUT2D eigenvalue weighted by molar-refractivity contribution is 5.95. The predicted molar refractivity (Wildman–Crippen MR) is 135 cm³/mol. The van der Waals surface area contributed by atoms with Crippen LogP contribution in [0.5, 0.6) is 0 Å². The Balaban J connectivity index is 1.65. The van der Waals surface area contributed by atoms with Crippen molar-refractivity contribution in [3.8, 4) is 33.9 Å². The van der Waals surface area contributed by atoms with Crippen molar-refractivity contribution >= 4 is 22.4 Å². The first-order chi connectivity index (χ1) is 16.0. The average molecular weight is 433 g/mol. The molecule has 0 radical (unpaired) electrons. The van der Waals surface area contributed by atoms with Crippen LogP contribution in [-0.4, -0.2) is 24.9 Å². The number of hydrogen-bond acceptors (Lipinski definition) is 4. The number of rotatable bonds is 5. The lowest BCUT2D eigenvalue weighted by Crippen LogP contribution is -2.07. The predicted octanol–water partition coefficient (Wildman–Crippen LogP) is 7.10. The summed E-state index contributed by atoms with van der Waals surface area (Å²) in [7, 11) is 4.04. The molecule has 0 atom stereocenters. The van der Waals surface area contributed by atoms with Gasteiger partial charge in [0.2, 0.25) is 0 Å². The lowest BCUT2D eigenvalue weighted by atomic mass is 10.0. The number of carbonyl (C=O) groups is 1. The van der Waals surface area contributed by atoms with Crippen molar-refractivity contribution in [1.82, 2.24) is 4.98 Å². The minimum absolute atomic E-state index is 0.0480. The van der Waals surface area contributed by atoms with Crippen molar-refractivity contribution in [2.75, 3.05) is 19.0 Å². The van der Waals surface area contributed by atoms with Crippen LogP contribution in [0, 0.1) is 0 Å². The lowest BCUT2D eigenvalue weighted by molar-refractivity contribution is 0.101. The molecule has 0 saturated heterocycles. The molecule has 5 aromatic rings. The van der Waals surface area contributed by atoms with Gasteiger partial charge in [-0.1, -0.05) is 48.5 Å². The first-order valence-corrected chi connectivity index (χ1v) is 10.9. The van der Waals surface area contributed by atoms with Crippen molar-refractivity contribution in [2.24, 2.45) is 0 Å². The largest absolute Gasteiger partial charge is 0.454 e. The van der Waals surface area contributed by atoms with Gasteiger partial charge in [-0.2, -0.15) is 0 Å². The van der Waals surface area contributed by atoms with Crippen molar-refractivity contribution in [3.63, 3.8) is 0 Å². The number of nitrogens with zero attached hydrogens (tertiary/aromatic N) is 2. The average Bonchev–Trinajstić information content (AvgIpc) is 3.29. The van der Waals surface area contributed by atoms with E-state index < -0.39 is 0 Å². The van der Waals surface area contributed by atoms with Gasteiger partial charge in [0, 0.05) is 41.9 Å². The van der Waals surface area contributed by atoms with E-state index in [1.54, 1.807) is 6.92 Å². The number of para-hydroxylation sites is 1. The van der Waals surface area contributed by atoms with E-state index in [9.17, 15) is 4.79 Å². The quantitative estimate of drug-likeness (QED) is 0.278. The van der Waals surface area contributed by atoms with E-state index in [4.69, 9.17) is 9.40 Å². The molecule has 3 aromatic carbocycles. The molecule has 4 heteroatoms. The van der Waals surface area contributed by atoms with Crippen molar-refractivity contribution < 1.29 is 9.21 Å². The molecular weight excluding hydrogens is 408 g/mol. The van der Waals surface area contributed by atoms with E-state index in [0.29, 0.717) is 11.3 Å². The Morgan fingerprint density at radius 2 is 1.52 bits per heavy atom. The minimum atomic E-state index is 0.0480. The van der Waals surface area contributed by atoms with Gasteiger partial charge in [0.15, 0.2) is 11.5 Å². The second kappa shape index (κ2) is 8.40. The van der Waals surface area contributed by atoms with E-state index in [1.165, 1.54) is 0 Å². The molecule has 0 spiro atoms. The zero-order valence-corrected chi connectivity index (χ0v) is 18.9. The van der Waals surface area contributed by atoms with E-state index in [-0.39, 0.29) is 5.78 Å². The summed E-state index contributed by atoms with van der Waals surface area (Å²) < 4.78 is 6.43. The molecule has 162 valence electrons. The summed E-state index contributed by atoms with van der Waals surface area (Å²) in [6, 6.07) is 30.1. The SMILES string of the molecule is CC(=O)c1ccc(-c2cc(-c3ccc(N(C)C)cc3)oc2-c2ccc3ccccc3n2)cc1. The van der Waals surface area contributed by atoms with Crippen molar-refractivity contribution in [1.29, 1.82) is 0 Å². The van der Waals surface area contributed by atoms with Gasteiger partial charge in [-0.15, -0.1) is 0 Å². The Morgan fingerprint density at radius 1 is 0.818 bits per heavy atom. The number of Topliss-reactive ketones (excluding diaryl/α,β-unsaturated/α-hetero) is 1. The number of anilines is 1. The zero-order valence-electron chi connectivity index (χ0n) is 18.9. The maximum Gasteiger partial charge on any atom is 0.161 e. The molecule has 0 aliphatic rings. The van der Waals surface area contributed by atoms with Gasteiger partial charge in [-0.3, -0.25) is 4.79 Å². The van der Waals surface area contributed by atoms with Crippen LogP contribution in [0.2, 0.25) is 0 Å². The maximum absolute atomic E-state index is 11.7. The monoisotopic (exact) mass is 432 g/mol. The summed E-state index contributed by atoms with van der Waals surface area (Å²) in [5.74, 6) is 1.53. The van der Waals surface area contributed by atoms with Gasteiger partial charge in [-0.05, 0) is 55.0 Å². The van der Waals surface area contributed by atoms with Gasteiger partial charge in [-0.25, -0.2) is 4.98 Å². The number of pyridine rings is 1. The molecule has 4 nitrogen and oxygen atoms in total. The summed E-state index contributed by atoms with van der Waals surface area (Å²) in [6.45, 7) is 1.58. The fourth-order valence-corrected chi connectivity index (χ4v) is 3.94. The molecule has 0 aliphatic heterocycles. The summed E-state index contributed by atoms with van der Waals surface area (Å²) in [6.07, 6.45) is 0. The highest BCUT2D eigenvalue weighted by Gasteiger charge is 2.18. The maximum atomic E-state index is 11.7. The molecule has 2 heterocycles. The number of fused-ring (bicyclic) bond motifs is 1. The highest BCUT2D eigenvalue weighted by Crippen LogP contribution is 2.39. The van der Waals surface area contributed by atoms with E-state index >= 15 is 0 Å². The first-order valence-electron chi connectivity index (χ1n) is 10.9. The summed E-state index contributed by atoms with van der Waals surface area (Å²) in [5, 5.41) is 1.08. The van der Waals surface area contributed by atoms with Crippen LogP contribution in [0.25, 0.3) is 44.8 Å². The topological polar surface area (TPSA) is 46.3 Å². The standard InChI is InChI=1S/C29H24N2O2/c1-19(32)20-8-10-21(11-9-20)25-18-28(23-12-15-24(16-13-23)31(2)3)33-29(25)27-17-14-22-6-4-5-7-26(22)30-27/h4-18H,1-3H3. The number of ketones is 1. The van der Waals surface area contributed by atoms with E-state index in [1.807, 2.05) is 68.7 Å². The Labute approximate surface area is 193 Å². The lowest BCUT2D eigenvalue weighted by Gasteiger charge is -2.12. The summed E-state index contributed by atoms with van der Waals surface area (Å²) in [4.78, 5) is 18.7. The molecule has 2 aromatic heterocycles. The second-order valence-corrected chi connectivity index (χ2v) is 8.32. The van der Waals surface area contributed by atoms with Crippen molar-refractivity contribution in [3.05, 3.63) is 96.6 Å². The number of carbonyl (C=O) groups excluding carboxylic acids is 1. The molecular formula is C29H24N2O2.